The van der Waals surface area contributed by atoms with Crippen molar-refractivity contribution >= 4 is 40.2 Å². The first-order chi connectivity index (χ1) is 5.65. The molecule has 0 aromatic heterocycles. The van der Waals surface area contributed by atoms with E-state index in [1.807, 2.05) is 0 Å². The molecule has 0 bridgehead atoms. The zero-order valence-corrected chi connectivity index (χ0v) is 9.46. The first kappa shape index (κ1) is 10.2. The Kier molecular flexibility index (Phi) is 3.75. The van der Waals surface area contributed by atoms with Gasteiger partial charge in [0, 0.05) is 5.02 Å². The molecule has 0 aliphatic heterocycles. The van der Waals surface area contributed by atoms with Gasteiger partial charge in [-0.3, -0.25) is 0 Å². The maximum atomic E-state index is 9.51. The van der Waals surface area contributed by atoms with Crippen molar-refractivity contribution in [1.29, 1.82) is 0 Å². The van der Waals surface area contributed by atoms with E-state index in [1.165, 1.54) is 0 Å². The molecule has 0 spiro atoms. The minimum Gasteiger partial charge on any atom is -0.506 e. The van der Waals surface area contributed by atoms with E-state index < -0.39 is 0 Å². The molecule has 1 rings (SSSR count). The summed E-state index contributed by atoms with van der Waals surface area (Å²) in [6.07, 6.45) is 0.716. The molecule has 0 radical (unpaired) electrons. The molecular formula is C8H8BrClOS. The molecule has 0 amide bonds. The third-order valence-corrected chi connectivity index (χ3v) is 2.53. The third-order valence-electron chi connectivity index (χ3n) is 1.49. The van der Waals surface area contributed by atoms with Crippen molar-refractivity contribution < 1.29 is 5.11 Å². The van der Waals surface area contributed by atoms with Crippen LogP contribution in [0.2, 0.25) is 5.02 Å². The topological polar surface area (TPSA) is 20.2 Å². The van der Waals surface area contributed by atoms with Gasteiger partial charge in [-0.15, -0.1) is 0 Å². The summed E-state index contributed by atoms with van der Waals surface area (Å²) in [4.78, 5) is 0. The van der Waals surface area contributed by atoms with E-state index in [1.54, 1.807) is 12.1 Å². The van der Waals surface area contributed by atoms with E-state index in [0.717, 1.165) is 5.56 Å². The number of hydrogen-bond acceptors (Lipinski definition) is 2. The minimum atomic E-state index is 0.258. The summed E-state index contributed by atoms with van der Waals surface area (Å²) in [7, 11) is 0. The van der Waals surface area contributed by atoms with E-state index in [4.69, 9.17) is 11.6 Å². The Morgan fingerprint density at radius 2 is 2.17 bits per heavy atom. The smallest absolute Gasteiger partial charge is 0.133 e. The fraction of sp³-hybridized carbons (Fsp3) is 0.250. The molecule has 4 heteroatoms. The molecule has 0 aliphatic carbocycles. The Morgan fingerprint density at radius 3 is 2.75 bits per heavy atom. The van der Waals surface area contributed by atoms with Gasteiger partial charge in [0.15, 0.2) is 0 Å². The van der Waals surface area contributed by atoms with Crippen LogP contribution in [0.15, 0.2) is 16.6 Å². The molecular weight excluding hydrogens is 260 g/mol. The lowest BCUT2D eigenvalue weighted by Crippen LogP contribution is -1.87. The summed E-state index contributed by atoms with van der Waals surface area (Å²) < 4.78 is 0.631. The van der Waals surface area contributed by atoms with Gasteiger partial charge in [-0.05, 0) is 45.8 Å². The number of hydrogen-bond donors (Lipinski definition) is 2. The number of phenolic OH excluding ortho intramolecular Hbond substituents is 1. The van der Waals surface area contributed by atoms with Crippen molar-refractivity contribution in [1.82, 2.24) is 0 Å². The van der Waals surface area contributed by atoms with Gasteiger partial charge in [0.05, 0.1) is 4.47 Å². The molecule has 0 fully saturated rings. The van der Waals surface area contributed by atoms with Crippen LogP contribution in [-0.4, -0.2) is 10.9 Å². The molecule has 12 heavy (non-hydrogen) atoms. The second-order valence-electron chi connectivity index (χ2n) is 2.37. The van der Waals surface area contributed by atoms with Crippen molar-refractivity contribution in [3.05, 3.63) is 27.2 Å². The van der Waals surface area contributed by atoms with Crippen molar-refractivity contribution in [3.8, 4) is 5.75 Å². The van der Waals surface area contributed by atoms with Crippen LogP contribution >= 0.6 is 40.2 Å². The van der Waals surface area contributed by atoms with E-state index in [2.05, 4.69) is 28.6 Å². The maximum absolute atomic E-state index is 9.51. The average molecular weight is 268 g/mol. The van der Waals surface area contributed by atoms with Gasteiger partial charge in [0.1, 0.15) is 5.75 Å². The van der Waals surface area contributed by atoms with Crippen molar-refractivity contribution in [2.24, 2.45) is 0 Å². The minimum absolute atomic E-state index is 0.258. The zero-order chi connectivity index (χ0) is 9.14. The number of benzene rings is 1. The fourth-order valence-electron chi connectivity index (χ4n) is 0.930. The molecule has 1 N–H and O–H groups in total. The molecule has 1 aromatic carbocycles. The summed E-state index contributed by atoms with van der Waals surface area (Å²) >= 11 is 13.1. The third kappa shape index (κ3) is 2.31. The van der Waals surface area contributed by atoms with Gasteiger partial charge in [0.2, 0.25) is 0 Å². The highest BCUT2D eigenvalue weighted by molar-refractivity contribution is 9.10. The van der Waals surface area contributed by atoms with Gasteiger partial charge in [-0.1, -0.05) is 11.6 Å². The van der Waals surface area contributed by atoms with Gasteiger partial charge in [-0.25, -0.2) is 0 Å². The molecule has 0 heterocycles. The Balaban J connectivity index is 3.09. The number of thiol groups is 1. The number of rotatable bonds is 2. The second-order valence-corrected chi connectivity index (χ2v) is 4.11. The first-order valence-electron chi connectivity index (χ1n) is 3.43. The Morgan fingerprint density at radius 1 is 1.50 bits per heavy atom. The van der Waals surface area contributed by atoms with Crippen LogP contribution in [0, 0.1) is 0 Å². The predicted molar refractivity (Wildman–Crippen MR) is 58.4 cm³/mol. The summed E-state index contributed by atoms with van der Waals surface area (Å²) in [5.74, 6) is 0.953. The first-order valence-corrected chi connectivity index (χ1v) is 5.23. The van der Waals surface area contributed by atoms with E-state index in [9.17, 15) is 5.11 Å². The molecule has 1 aromatic rings. The zero-order valence-electron chi connectivity index (χ0n) is 6.22. The molecule has 0 unspecified atom stereocenters. The average Bonchev–Trinajstić information content (AvgIpc) is 2.00. The standard InChI is InChI=1S/C8H8BrClOS/c9-7-4-6(10)3-5(1-2-12)8(7)11/h3-4,11-12H,1-2H2. The van der Waals surface area contributed by atoms with Gasteiger partial charge in [-0.2, -0.15) is 12.6 Å². The highest BCUT2D eigenvalue weighted by Crippen LogP contribution is 2.31. The van der Waals surface area contributed by atoms with Crippen LogP contribution < -0.4 is 0 Å². The monoisotopic (exact) mass is 266 g/mol. The lowest BCUT2D eigenvalue weighted by molar-refractivity contribution is 0.465. The van der Waals surface area contributed by atoms with Gasteiger partial charge in [0.25, 0.3) is 0 Å². The van der Waals surface area contributed by atoms with Gasteiger partial charge >= 0.3 is 0 Å². The number of aromatic hydroxyl groups is 1. The second kappa shape index (κ2) is 4.40. The summed E-state index contributed by atoms with van der Waals surface area (Å²) in [6, 6.07) is 3.41. The van der Waals surface area contributed by atoms with Crippen LogP contribution in [0.5, 0.6) is 5.75 Å². The Bertz CT molecular complexity index is 291. The molecule has 0 saturated heterocycles. The van der Waals surface area contributed by atoms with Crippen molar-refractivity contribution in [3.63, 3.8) is 0 Å². The van der Waals surface area contributed by atoms with Crippen molar-refractivity contribution in [2.75, 3.05) is 5.75 Å². The van der Waals surface area contributed by atoms with E-state index >= 15 is 0 Å². The molecule has 0 saturated carbocycles. The fourth-order valence-corrected chi connectivity index (χ4v) is 2.05. The Labute approximate surface area is 90.3 Å². The SMILES string of the molecule is Oc1c(Br)cc(Cl)cc1CCS. The van der Waals surface area contributed by atoms with E-state index in [0.29, 0.717) is 21.7 Å². The highest BCUT2D eigenvalue weighted by Gasteiger charge is 2.05. The molecule has 0 aliphatic rings. The van der Waals surface area contributed by atoms with Crippen LogP contribution in [0.1, 0.15) is 5.56 Å². The number of halogens is 2. The summed E-state index contributed by atoms with van der Waals surface area (Å²) in [6.45, 7) is 0. The lowest BCUT2D eigenvalue weighted by atomic mass is 10.1. The summed E-state index contributed by atoms with van der Waals surface area (Å²) in [5, 5.41) is 10.1. The van der Waals surface area contributed by atoms with Crippen molar-refractivity contribution in [2.45, 2.75) is 6.42 Å². The lowest BCUT2D eigenvalue weighted by Gasteiger charge is -2.05. The largest absolute Gasteiger partial charge is 0.506 e. The highest BCUT2D eigenvalue weighted by atomic mass is 79.9. The number of aryl methyl sites for hydroxylation is 1. The number of phenols is 1. The summed E-state index contributed by atoms with van der Waals surface area (Å²) in [5.41, 5.74) is 0.823. The molecule has 1 nitrogen and oxygen atoms in total. The molecule has 0 atom stereocenters. The van der Waals surface area contributed by atoms with Crippen LogP contribution in [0.25, 0.3) is 0 Å². The van der Waals surface area contributed by atoms with E-state index in [-0.39, 0.29) is 5.75 Å². The van der Waals surface area contributed by atoms with Crippen LogP contribution in [-0.2, 0) is 6.42 Å². The van der Waals surface area contributed by atoms with Gasteiger partial charge < -0.3 is 5.11 Å². The normalized spacial score (nSPS) is 10.2. The Hall–Kier alpha value is 0.140. The molecule has 66 valence electrons. The van der Waals surface area contributed by atoms with Crippen LogP contribution in [0.3, 0.4) is 0 Å². The van der Waals surface area contributed by atoms with Crippen LogP contribution in [0.4, 0.5) is 0 Å². The quantitative estimate of drug-likeness (QED) is 0.788. The predicted octanol–water partition coefficient (Wildman–Crippen LogP) is 3.28. The maximum Gasteiger partial charge on any atom is 0.133 e.